The zero-order valence-electron chi connectivity index (χ0n) is 11.0. The van der Waals surface area contributed by atoms with Crippen molar-refractivity contribution >= 4 is 10.8 Å². The summed E-state index contributed by atoms with van der Waals surface area (Å²) in [6.45, 7) is 3.31. The Kier molecular flexibility index (Phi) is 2.66. The number of nitrogens with zero attached hydrogens (tertiary/aromatic N) is 2. The standard InChI is InChI=1S/C16H18N2O/c1-2-13-8-17-7-6-15(13)16(3-1)19-11-14-10-18(14)9-12-4-5-12/h1-3,6-8,12,14H,4-5,9-11H2. The van der Waals surface area contributed by atoms with Gasteiger partial charge in [-0.2, -0.15) is 0 Å². The molecule has 98 valence electrons. The van der Waals surface area contributed by atoms with Gasteiger partial charge in [-0.15, -0.1) is 0 Å². The Morgan fingerprint density at radius 2 is 2.21 bits per heavy atom. The van der Waals surface area contributed by atoms with Crippen molar-refractivity contribution in [2.75, 3.05) is 19.7 Å². The molecule has 2 aromatic rings. The van der Waals surface area contributed by atoms with Gasteiger partial charge in [0, 0.05) is 36.3 Å². The van der Waals surface area contributed by atoms with E-state index in [1.165, 1.54) is 25.9 Å². The molecule has 19 heavy (non-hydrogen) atoms. The lowest BCUT2D eigenvalue weighted by Crippen LogP contribution is -2.12. The summed E-state index contributed by atoms with van der Waals surface area (Å²) >= 11 is 0. The molecule has 1 saturated heterocycles. The van der Waals surface area contributed by atoms with Gasteiger partial charge in [0.05, 0.1) is 6.04 Å². The molecule has 3 heteroatoms. The zero-order chi connectivity index (χ0) is 12.7. The molecule has 1 aliphatic carbocycles. The summed E-state index contributed by atoms with van der Waals surface area (Å²) in [7, 11) is 0. The molecule has 1 aromatic carbocycles. The lowest BCUT2D eigenvalue weighted by Gasteiger charge is -2.09. The summed E-state index contributed by atoms with van der Waals surface area (Å²) < 4.78 is 6.01. The number of benzene rings is 1. The van der Waals surface area contributed by atoms with Crippen LogP contribution < -0.4 is 4.74 Å². The Hall–Kier alpha value is -1.61. The third-order valence-electron chi connectivity index (χ3n) is 4.09. The fraction of sp³-hybridized carbons (Fsp3) is 0.438. The van der Waals surface area contributed by atoms with E-state index in [9.17, 15) is 0 Å². The topological polar surface area (TPSA) is 25.1 Å². The molecule has 0 spiro atoms. The summed E-state index contributed by atoms with van der Waals surface area (Å²) in [5.74, 6) is 1.96. The highest BCUT2D eigenvalue weighted by Gasteiger charge is 2.38. The van der Waals surface area contributed by atoms with Gasteiger partial charge in [-0.3, -0.25) is 9.88 Å². The van der Waals surface area contributed by atoms with Crippen LogP contribution in [0.3, 0.4) is 0 Å². The first kappa shape index (κ1) is 11.2. The summed E-state index contributed by atoms with van der Waals surface area (Å²) in [5, 5.41) is 2.30. The van der Waals surface area contributed by atoms with Crippen LogP contribution in [0.4, 0.5) is 0 Å². The van der Waals surface area contributed by atoms with E-state index in [4.69, 9.17) is 4.74 Å². The van der Waals surface area contributed by atoms with Crippen LogP contribution in [0.15, 0.2) is 36.7 Å². The average molecular weight is 254 g/mol. The van der Waals surface area contributed by atoms with E-state index >= 15 is 0 Å². The van der Waals surface area contributed by atoms with E-state index in [-0.39, 0.29) is 0 Å². The number of fused-ring (bicyclic) bond motifs is 1. The minimum Gasteiger partial charge on any atom is -0.491 e. The lowest BCUT2D eigenvalue weighted by molar-refractivity contribution is 0.295. The third-order valence-corrected chi connectivity index (χ3v) is 4.09. The van der Waals surface area contributed by atoms with E-state index < -0.39 is 0 Å². The molecule has 4 rings (SSSR count). The summed E-state index contributed by atoms with van der Waals surface area (Å²) in [6, 6.07) is 8.83. The molecule has 2 aliphatic rings. The first-order chi connectivity index (χ1) is 9.40. The van der Waals surface area contributed by atoms with Crippen molar-refractivity contribution in [2.24, 2.45) is 5.92 Å². The fourth-order valence-electron chi connectivity index (χ4n) is 2.64. The monoisotopic (exact) mass is 254 g/mol. The first-order valence-electron chi connectivity index (χ1n) is 7.10. The maximum Gasteiger partial charge on any atom is 0.127 e. The molecule has 2 unspecified atom stereocenters. The van der Waals surface area contributed by atoms with Crippen LogP contribution in [0, 0.1) is 5.92 Å². The molecular formula is C16H18N2O. The molecule has 0 N–H and O–H groups in total. The highest BCUT2D eigenvalue weighted by molar-refractivity contribution is 5.87. The van der Waals surface area contributed by atoms with Crippen LogP contribution in [-0.2, 0) is 0 Å². The van der Waals surface area contributed by atoms with Gasteiger partial charge in [-0.1, -0.05) is 12.1 Å². The lowest BCUT2D eigenvalue weighted by atomic mass is 10.1. The van der Waals surface area contributed by atoms with E-state index in [1.54, 1.807) is 0 Å². The predicted molar refractivity (Wildman–Crippen MR) is 75.3 cm³/mol. The van der Waals surface area contributed by atoms with Crippen molar-refractivity contribution < 1.29 is 4.74 Å². The van der Waals surface area contributed by atoms with Crippen molar-refractivity contribution in [3.8, 4) is 5.75 Å². The fourth-order valence-corrected chi connectivity index (χ4v) is 2.64. The minimum atomic E-state index is 0.637. The van der Waals surface area contributed by atoms with Gasteiger partial charge in [-0.05, 0) is 30.9 Å². The van der Waals surface area contributed by atoms with Gasteiger partial charge >= 0.3 is 0 Å². The Labute approximate surface area is 113 Å². The van der Waals surface area contributed by atoms with Crippen LogP contribution in [0.25, 0.3) is 10.8 Å². The van der Waals surface area contributed by atoms with Crippen molar-refractivity contribution in [2.45, 2.75) is 18.9 Å². The molecule has 1 aliphatic heterocycles. The molecule has 0 radical (unpaired) electrons. The highest BCUT2D eigenvalue weighted by Crippen LogP contribution is 2.34. The minimum absolute atomic E-state index is 0.637. The van der Waals surface area contributed by atoms with Crippen LogP contribution in [0.2, 0.25) is 0 Å². The predicted octanol–water partition coefficient (Wildman–Crippen LogP) is 2.71. The number of hydrogen-bond acceptors (Lipinski definition) is 3. The second kappa shape index (κ2) is 4.49. The molecule has 1 aromatic heterocycles. The highest BCUT2D eigenvalue weighted by atomic mass is 16.5. The molecule has 1 saturated carbocycles. The molecule has 2 heterocycles. The molecule has 0 amide bonds. The van der Waals surface area contributed by atoms with Gasteiger partial charge in [0.15, 0.2) is 0 Å². The molecule has 2 fully saturated rings. The number of pyridine rings is 1. The maximum atomic E-state index is 6.01. The van der Waals surface area contributed by atoms with E-state index in [0.717, 1.165) is 29.0 Å². The summed E-state index contributed by atoms with van der Waals surface area (Å²) in [6.07, 6.45) is 6.57. The largest absolute Gasteiger partial charge is 0.491 e. The number of rotatable bonds is 5. The van der Waals surface area contributed by atoms with Gasteiger partial charge < -0.3 is 4.74 Å². The zero-order valence-corrected chi connectivity index (χ0v) is 11.0. The van der Waals surface area contributed by atoms with Gasteiger partial charge in [0.1, 0.15) is 12.4 Å². The third kappa shape index (κ3) is 2.43. The SMILES string of the molecule is c1cc(OCC2CN2CC2CC2)c2ccncc2c1. The van der Waals surface area contributed by atoms with Crippen LogP contribution >= 0.6 is 0 Å². The molecular weight excluding hydrogens is 236 g/mol. The van der Waals surface area contributed by atoms with Crippen molar-refractivity contribution in [1.82, 2.24) is 9.88 Å². The number of hydrogen-bond donors (Lipinski definition) is 0. The van der Waals surface area contributed by atoms with Crippen LogP contribution in [0.5, 0.6) is 5.75 Å². The first-order valence-corrected chi connectivity index (χ1v) is 7.10. The number of ether oxygens (including phenoxy) is 1. The Morgan fingerprint density at radius 3 is 3.11 bits per heavy atom. The quantitative estimate of drug-likeness (QED) is 0.767. The number of aromatic nitrogens is 1. The van der Waals surface area contributed by atoms with Crippen molar-refractivity contribution in [3.05, 3.63) is 36.7 Å². The van der Waals surface area contributed by atoms with E-state index in [0.29, 0.717) is 6.04 Å². The summed E-state index contributed by atoms with van der Waals surface area (Å²) in [4.78, 5) is 6.68. The van der Waals surface area contributed by atoms with Crippen molar-refractivity contribution in [1.29, 1.82) is 0 Å². The Balaban J connectivity index is 1.41. The van der Waals surface area contributed by atoms with Gasteiger partial charge in [0.2, 0.25) is 0 Å². The van der Waals surface area contributed by atoms with Crippen LogP contribution in [0.1, 0.15) is 12.8 Å². The normalized spacial score (nSPS) is 25.5. The van der Waals surface area contributed by atoms with Crippen molar-refractivity contribution in [3.63, 3.8) is 0 Å². The van der Waals surface area contributed by atoms with Crippen LogP contribution in [-0.4, -0.2) is 35.6 Å². The average Bonchev–Trinajstić information content (AvgIpc) is 3.36. The molecule has 0 bridgehead atoms. The second-order valence-electron chi connectivity index (χ2n) is 5.72. The second-order valence-corrected chi connectivity index (χ2v) is 5.72. The maximum absolute atomic E-state index is 6.01. The molecule has 3 nitrogen and oxygen atoms in total. The molecule has 2 atom stereocenters. The van der Waals surface area contributed by atoms with Gasteiger partial charge in [0.25, 0.3) is 0 Å². The Bertz CT molecular complexity index is 589. The summed E-state index contributed by atoms with van der Waals surface area (Å²) in [5.41, 5.74) is 0. The van der Waals surface area contributed by atoms with E-state index in [1.807, 2.05) is 24.5 Å². The van der Waals surface area contributed by atoms with E-state index in [2.05, 4.69) is 22.0 Å². The smallest absolute Gasteiger partial charge is 0.127 e. The Morgan fingerprint density at radius 1 is 1.26 bits per heavy atom. The van der Waals surface area contributed by atoms with Gasteiger partial charge in [-0.25, -0.2) is 0 Å².